The van der Waals surface area contributed by atoms with Crippen molar-refractivity contribution in [2.75, 3.05) is 14.2 Å². The second kappa shape index (κ2) is 10.8. The molecule has 0 aliphatic rings. The quantitative estimate of drug-likeness (QED) is 0.236. The van der Waals surface area contributed by atoms with Crippen LogP contribution in [0.4, 0.5) is 0 Å². The van der Waals surface area contributed by atoms with E-state index in [1.54, 1.807) is 0 Å². The summed E-state index contributed by atoms with van der Waals surface area (Å²) >= 11 is 0. The number of nitrogens with zero attached hydrogens (tertiary/aromatic N) is 1. The topological polar surface area (TPSA) is 55.8 Å². The Hall–Kier alpha value is -3.86. The fourth-order valence-corrected chi connectivity index (χ4v) is 3.38. The molecule has 0 aliphatic heterocycles. The first-order valence-electron chi connectivity index (χ1n) is 9.93. The Morgan fingerprint density at radius 1 is 0.645 bits per heavy atom. The number of hydrogen-bond donors (Lipinski definition) is 0. The van der Waals surface area contributed by atoms with Gasteiger partial charge in [-0.1, -0.05) is 91.0 Å². The van der Waals surface area contributed by atoms with E-state index in [0.717, 1.165) is 16.7 Å². The first kappa shape index (κ1) is 21.8. The van der Waals surface area contributed by atoms with Crippen LogP contribution in [0.1, 0.15) is 16.7 Å². The molecule has 0 saturated heterocycles. The van der Waals surface area contributed by atoms with Crippen molar-refractivity contribution in [3.05, 3.63) is 113 Å². The number of hydrogen-bond acceptors (Lipinski definition) is 5. The summed E-state index contributed by atoms with van der Waals surface area (Å²) in [5.74, 6) is -1.48. The molecule has 0 aromatic heterocycles. The molecule has 5 heteroatoms. The summed E-state index contributed by atoms with van der Waals surface area (Å²) in [7, 11) is 2.51. The van der Waals surface area contributed by atoms with Crippen LogP contribution in [0.25, 0.3) is 5.70 Å². The van der Waals surface area contributed by atoms with Crippen LogP contribution in [-0.2, 0) is 32.2 Å². The lowest BCUT2D eigenvalue weighted by Gasteiger charge is -2.29. The van der Waals surface area contributed by atoms with Crippen molar-refractivity contribution in [2.45, 2.75) is 13.1 Å². The van der Waals surface area contributed by atoms with E-state index >= 15 is 0 Å². The monoisotopic (exact) mass is 415 g/mol. The third kappa shape index (κ3) is 5.60. The first-order valence-corrected chi connectivity index (χ1v) is 9.93. The molecule has 0 bridgehead atoms. The van der Waals surface area contributed by atoms with Gasteiger partial charge in [-0.25, -0.2) is 9.59 Å². The minimum Gasteiger partial charge on any atom is -0.465 e. The Bertz CT molecular complexity index is 971. The molecule has 3 aromatic carbocycles. The van der Waals surface area contributed by atoms with Crippen molar-refractivity contribution in [1.29, 1.82) is 0 Å². The Labute approximate surface area is 182 Å². The van der Waals surface area contributed by atoms with E-state index in [9.17, 15) is 9.59 Å². The molecule has 0 unspecified atom stereocenters. The molecule has 3 rings (SSSR count). The van der Waals surface area contributed by atoms with Gasteiger partial charge in [0.1, 0.15) is 0 Å². The molecule has 0 aliphatic carbocycles. The molecule has 0 fully saturated rings. The number of carbonyl (C=O) groups is 2. The lowest BCUT2D eigenvalue weighted by Crippen LogP contribution is -2.28. The van der Waals surface area contributed by atoms with Crippen LogP contribution in [0.15, 0.2) is 96.6 Å². The minimum atomic E-state index is -0.739. The molecular formula is C26H25NO4. The molecule has 5 nitrogen and oxygen atoms in total. The van der Waals surface area contributed by atoms with Gasteiger partial charge in [0.15, 0.2) is 5.57 Å². The third-order valence-corrected chi connectivity index (χ3v) is 4.81. The van der Waals surface area contributed by atoms with Gasteiger partial charge in [-0.15, -0.1) is 0 Å². The fraction of sp³-hybridized carbons (Fsp3) is 0.154. The molecule has 0 saturated carbocycles. The lowest BCUT2D eigenvalue weighted by atomic mass is 10.0. The number of ether oxygens (including phenoxy) is 2. The average molecular weight is 415 g/mol. The van der Waals surface area contributed by atoms with Crippen LogP contribution >= 0.6 is 0 Å². The van der Waals surface area contributed by atoms with Gasteiger partial charge in [0.2, 0.25) is 0 Å². The van der Waals surface area contributed by atoms with Gasteiger partial charge in [0.05, 0.1) is 19.9 Å². The summed E-state index contributed by atoms with van der Waals surface area (Å²) < 4.78 is 9.93. The first-order chi connectivity index (χ1) is 15.1. The van der Waals surface area contributed by atoms with E-state index < -0.39 is 11.9 Å². The highest BCUT2D eigenvalue weighted by atomic mass is 16.5. The molecule has 31 heavy (non-hydrogen) atoms. The van der Waals surface area contributed by atoms with Gasteiger partial charge in [-0.3, -0.25) is 0 Å². The van der Waals surface area contributed by atoms with Crippen LogP contribution in [0, 0.1) is 0 Å². The summed E-state index contributed by atoms with van der Waals surface area (Å²) in [6, 6.07) is 29.1. The zero-order chi connectivity index (χ0) is 22.1. The van der Waals surface area contributed by atoms with E-state index in [1.807, 2.05) is 95.9 Å². The van der Waals surface area contributed by atoms with Crippen molar-refractivity contribution in [1.82, 2.24) is 4.90 Å². The Morgan fingerprint density at radius 3 is 1.42 bits per heavy atom. The zero-order valence-electron chi connectivity index (χ0n) is 17.7. The van der Waals surface area contributed by atoms with Crippen LogP contribution in [-0.4, -0.2) is 31.1 Å². The molecule has 158 valence electrons. The summed E-state index contributed by atoms with van der Waals surface area (Å²) in [5, 5.41) is 0. The predicted molar refractivity (Wildman–Crippen MR) is 120 cm³/mol. The second-order valence-corrected chi connectivity index (χ2v) is 6.90. The molecule has 0 atom stereocenters. The van der Waals surface area contributed by atoms with Crippen molar-refractivity contribution in [3.63, 3.8) is 0 Å². The second-order valence-electron chi connectivity index (χ2n) is 6.90. The molecule has 0 N–H and O–H groups in total. The Kier molecular flexibility index (Phi) is 7.60. The summed E-state index contributed by atoms with van der Waals surface area (Å²) in [5.41, 5.74) is 3.14. The fourth-order valence-electron chi connectivity index (χ4n) is 3.38. The van der Waals surface area contributed by atoms with Crippen molar-refractivity contribution in [3.8, 4) is 0 Å². The Balaban J connectivity index is 2.21. The molecule has 0 radical (unpaired) electrons. The molecule has 0 spiro atoms. The number of carbonyl (C=O) groups excluding carboxylic acids is 2. The highest BCUT2D eigenvalue weighted by Gasteiger charge is 2.29. The SMILES string of the molecule is COC(=O)C(C(=O)OC)=C(c1ccccc1)N(Cc1ccccc1)Cc1ccccc1. The maximum atomic E-state index is 12.7. The zero-order valence-corrected chi connectivity index (χ0v) is 17.7. The van der Waals surface area contributed by atoms with Gasteiger partial charge in [0, 0.05) is 13.1 Å². The van der Waals surface area contributed by atoms with Crippen molar-refractivity contribution in [2.24, 2.45) is 0 Å². The standard InChI is InChI=1S/C26H25NO4/c1-30-25(28)23(26(29)31-2)24(22-16-10-5-11-17-22)27(18-20-12-6-3-7-13-20)19-21-14-8-4-9-15-21/h3-17H,18-19H2,1-2H3. The largest absolute Gasteiger partial charge is 0.465 e. The summed E-state index contributed by atoms with van der Waals surface area (Å²) in [4.78, 5) is 27.5. The van der Waals surface area contributed by atoms with Crippen molar-refractivity contribution >= 4 is 17.6 Å². The maximum absolute atomic E-state index is 12.7. The smallest absolute Gasteiger partial charge is 0.347 e. The van der Waals surface area contributed by atoms with Crippen LogP contribution < -0.4 is 0 Å². The summed E-state index contributed by atoms with van der Waals surface area (Å²) in [6.07, 6.45) is 0. The Morgan fingerprint density at radius 2 is 1.03 bits per heavy atom. The van der Waals surface area contributed by atoms with E-state index in [-0.39, 0.29) is 5.57 Å². The van der Waals surface area contributed by atoms with E-state index in [4.69, 9.17) is 9.47 Å². The number of methoxy groups -OCH3 is 2. The predicted octanol–water partition coefficient (Wildman–Crippen LogP) is 4.45. The average Bonchev–Trinajstić information content (AvgIpc) is 2.83. The van der Waals surface area contributed by atoms with E-state index in [0.29, 0.717) is 18.8 Å². The molecule has 3 aromatic rings. The minimum absolute atomic E-state index is 0.136. The van der Waals surface area contributed by atoms with E-state index in [1.165, 1.54) is 14.2 Å². The molecule has 0 amide bonds. The lowest BCUT2D eigenvalue weighted by molar-refractivity contribution is -0.144. The van der Waals surface area contributed by atoms with Gasteiger partial charge >= 0.3 is 11.9 Å². The van der Waals surface area contributed by atoms with Crippen LogP contribution in [0.5, 0.6) is 0 Å². The number of esters is 2. The van der Waals surface area contributed by atoms with Crippen LogP contribution in [0.3, 0.4) is 0 Å². The number of rotatable bonds is 8. The van der Waals surface area contributed by atoms with E-state index in [2.05, 4.69) is 0 Å². The maximum Gasteiger partial charge on any atom is 0.347 e. The van der Waals surface area contributed by atoms with Gasteiger partial charge in [-0.05, 0) is 16.7 Å². The normalized spacial score (nSPS) is 10.1. The van der Waals surface area contributed by atoms with Gasteiger partial charge in [-0.2, -0.15) is 0 Å². The van der Waals surface area contributed by atoms with Crippen LogP contribution in [0.2, 0.25) is 0 Å². The van der Waals surface area contributed by atoms with Gasteiger partial charge in [0.25, 0.3) is 0 Å². The third-order valence-electron chi connectivity index (χ3n) is 4.81. The summed E-state index contributed by atoms with van der Waals surface area (Å²) in [6.45, 7) is 0.967. The number of benzene rings is 3. The molecular weight excluding hydrogens is 390 g/mol. The van der Waals surface area contributed by atoms with Crippen molar-refractivity contribution < 1.29 is 19.1 Å². The molecule has 0 heterocycles. The van der Waals surface area contributed by atoms with Gasteiger partial charge < -0.3 is 14.4 Å². The highest BCUT2D eigenvalue weighted by Crippen LogP contribution is 2.28. The highest BCUT2D eigenvalue weighted by molar-refractivity contribution is 6.19.